The van der Waals surface area contributed by atoms with Crippen LogP contribution in [0.3, 0.4) is 0 Å². The van der Waals surface area contributed by atoms with Crippen LogP contribution in [0.4, 0.5) is 13.2 Å². The number of hydrogen-bond donors (Lipinski definition) is 1. The summed E-state index contributed by atoms with van der Waals surface area (Å²) in [5, 5.41) is 9.02. The molecule has 2 nitrogen and oxygen atoms in total. The molecule has 0 amide bonds. The standard InChI is InChI=1S/C10H12F3NO/c1-8(15)14(10(11,12)13)7-9-5-3-2-4-6-9/h2-6,8,15H,7H2,1H3/t8-/m0/s1. The van der Waals surface area contributed by atoms with E-state index in [1.54, 1.807) is 30.3 Å². The summed E-state index contributed by atoms with van der Waals surface area (Å²) in [5.41, 5.74) is 0.510. The van der Waals surface area contributed by atoms with Crippen molar-refractivity contribution < 1.29 is 18.3 Å². The van der Waals surface area contributed by atoms with Crippen LogP contribution >= 0.6 is 0 Å². The van der Waals surface area contributed by atoms with E-state index in [2.05, 4.69) is 0 Å². The maximum atomic E-state index is 12.4. The molecular weight excluding hydrogens is 207 g/mol. The van der Waals surface area contributed by atoms with Gasteiger partial charge in [-0.2, -0.15) is 18.1 Å². The zero-order valence-electron chi connectivity index (χ0n) is 8.20. The van der Waals surface area contributed by atoms with Crippen molar-refractivity contribution in [1.82, 2.24) is 4.90 Å². The second-order valence-electron chi connectivity index (χ2n) is 3.21. The van der Waals surface area contributed by atoms with Gasteiger partial charge in [0, 0.05) is 6.54 Å². The minimum atomic E-state index is -4.52. The average molecular weight is 219 g/mol. The Balaban J connectivity index is 2.77. The zero-order valence-corrected chi connectivity index (χ0v) is 8.20. The van der Waals surface area contributed by atoms with Crippen molar-refractivity contribution in [2.75, 3.05) is 0 Å². The fourth-order valence-corrected chi connectivity index (χ4v) is 1.21. The van der Waals surface area contributed by atoms with E-state index in [0.29, 0.717) is 5.56 Å². The summed E-state index contributed by atoms with van der Waals surface area (Å²) in [7, 11) is 0. The van der Waals surface area contributed by atoms with Gasteiger partial charge >= 0.3 is 6.30 Å². The largest absolute Gasteiger partial charge is 0.462 e. The van der Waals surface area contributed by atoms with Crippen LogP contribution in [-0.2, 0) is 6.54 Å². The Morgan fingerprint density at radius 1 is 1.27 bits per heavy atom. The van der Waals surface area contributed by atoms with Gasteiger partial charge in [-0.3, -0.25) is 0 Å². The van der Waals surface area contributed by atoms with Gasteiger partial charge in [-0.05, 0) is 12.5 Å². The van der Waals surface area contributed by atoms with Gasteiger partial charge in [0.15, 0.2) is 0 Å². The highest BCUT2D eigenvalue weighted by Crippen LogP contribution is 2.25. The van der Waals surface area contributed by atoms with E-state index in [-0.39, 0.29) is 11.4 Å². The van der Waals surface area contributed by atoms with E-state index in [9.17, 15) is 13.2 Å². The highest BCUT2D eigenvalue weighted by atomic mass is 19.4. The molecule has 5 heteroatoms. The molecule has 1 aromatic carbocycles. The third-order valence-corrected chi connectivity index (χ3v) is 1.97. The van der Waals surface area contributed by atoms with E-state index >= 15 is 0 Å². The Morgan fingerprint density at radius 2 is 1.80 bits per heavy atom. The van der Waals surface area contributed by atoms with Crippen molar-refractivity contribution in [3.63, 3.8) is 0 Å². The molecule has 1 N–H and O–H groups in total. The topological polar surface area (TPSA) is 23.5 Å². The van der Waals surface area contributed by atoms with Crippen LogP contribution in [0.1, 0.15) is 12.5 Å². The first kappa shape index (κ1) is 12.0. The van der Waals surface area contributed by atoms with Crippen LogP contribution < -0.4 is 0 Å². The summed E-state index contributed by atoms with van der Waals surface area (Å²) < 4.78 is 37.3. The maximum Gasteiger partial charge on any atom is 0.462 e. The first-order valence-electron chi connectivity index (χ1n) is 4.46. The van der Waals surface area contributed by atoms with Gasteiger partial charge in [0.25, 0.3) is 0 Å². The van der Waals surface area contributed by atoms with E-state index in [1.807, 2.05) is 0 Å². The van der Waals surface area contributed by atoms with Crippen LogP contribution in [0.2, 0.25) is 0 Å². The first-order valence-corrected chi connectivity index (χ1v) is 4.46. The normalized spacial score (nSPS) is 14.3. The quantitative estimate of drug-likeness (QED) is 0.623. The lowest BCUT2D eigenvalue weighted by Gasteiger charge is -2.27. The highest BCUT2D eigenvalue weighted by molar-refractivity contribution is 5.14. The van der Waals surface area contributed by atoms with Gasteiger partial charge < -0.3 is 5.11 Å². The summed E-state index contributed by atoms with van der Waals surface area (Å²) in [5.74, 6) is 0. The van der Waals surface area contributed by atoms with Crippen molar-refractivity contribution in [1.29, 1.82) is 0 Å². The van der Waals surface area contributed by atoms with Crippen molar-refractivity contribution in [2.24, 2.45) is 0 Å². The number of hydrogen-bond acceptors (Lipinski definition) is 2. The third-order valence-electron chi connectivity index (χ3n) is 1.97. The lowest BCUT2D eigenvalue weighted by Crippen LogP contribution is -2.43. The van der Waals surface area contributed by atoms with Crippen LogP contribution in [0.5, 0.6) is 0 Å². The molecule has 0 saturated heterocycles. The molecule has 0 aromatic heterocycles. The van der Waals surface area contributed by atoms with Gasteiger partial charge in [-0.1, -0.05) is 30.3 Å². The number of aliphatic hydroxyl groups is 1. The number of nitrogens with zero attached hydrogens (tertiary/aromatic N) is 1. The molecular formula is C10H12F3NO. The summed E-state index contributed by atoms with van der Waals surface area (Å²) in [6, 6.07) is 8.21. The molecule has 15 heavy (non-hydrogen) atoms. The number of aliphatic hydroxyl groups excluding tert-OH is 1. The monoisotopic (exact) mass is 219 g/mol. The molecule has 84 valence electrons. The fraction of sp³-hybridized carbons (Fsp3) is 0.400. The SMILES string of the molecule is C[C@H](O)N(Cc1ccccc1)C(F)(F)F. The molecule has 0 aliphatic heterocycles. The van der Waals surface area contributed by atoms with Gasteiger partial charge in [0.05, 0.1) is 0 Å². The van der Waals surface area contributed by atoms with Crippen molar-refractivity contribution in [3.8, 4) is 0 Å². The fourth-order valence-electron chi connectivity index (χ4n) is 1.21. The molecule has 0 saturated carbocycles. The van der Waals surface area contributed by atoms with E-state index in [0.717, 1.165) is 6.92 Å². The summed E-state index contributed by atoms with van der Waals surface area (Å²) in [6.45, 7) is 0.748. The zero-order chi connectivity index (χ0) is 11.5. The average Bonchev–Trinajstić information content (AvgIpc) is 2.13. The smallest absolute Gasteiger partial charge is 0.378 e. The van der Waals surface area contributed by atoms with E-state index in [1.165, 1.54) is 0 Å². The van der Waals surface area contributed by atoms with Gasteiger partial charge in [-0.15, -0.1) is 0 Å². The number of benzene rings is 1. The van der Waals surface area contributed by atoms with Gasteiger partial charge in [0.1, 0.15) is 6.23 Å². The predicted molar refractivity (Wildman–Crippen MR) is 49.7 cm³/mol. The lowest BCUT2D eigenvalue weighted by molar-refractivity contribution is -0.285. The van der Waals surface area contributed by atoms with E-state index in [4.69, 9.17) is 5.11 Å². The van der Waals surface area contributed by atoms with Crippen molar-refractivity contribution in [3.05, 3.63) is 35.9 Å². The molecule has 0 aliphatic carbocycles. The minimum Gasteiger partial charge on any atom is -0.378 e. The minimum absolute atomic E-state index is 0.0718. The van der Waals surface area contributed by atoms with Gasteiger partial charge in [0.2, 0.25) is 0 Å². The molecule has 0 fully saturated rings. The first-order chi connectivity index (χ1) is 6.91. The number of alkyl halides is 3. The van der Waals surface area contributed by atoms with Crippen LogP contribution in [0, 0.1) is 0 Å². The Bertz CT molecular complexity index is 297. The summed E-state index contributed by atoms with van der Waals surface area (Å²) in [6.07, 6.45) is -6.07. The van der Waals surface area contributed by atoms with E-state index < -0.39 is 12.5 Å². The van der Waals surface area contributed by atoms with Crippen LogP contribution in [0.15, 0.2) is 30.3 Å². The third kappa shape index (κ3) is 3.53. The number of rotatable bonds is 3. The number of halogens is 3. The van der Waals surface area contributed by atoms with Gasteiger partial charge in [-0.25, -0.2) is 0 Å². The summed E-state index contributed by atoms with van der Waals surface area (Å²) in [4.78, 5) is 0.0718. The van der Waals surface area contributed by atoms with Crippen molar-refractivity contribution >= 4 is 0 Å². The Labute approximate surface area is 85.9 Å². The van der Waals surface area contributed by atoms with Crippen molar-refractivity contribution in [2.45, 2.75) is 26.0 Å². The second-order valence-corrected chi connectivity index (χ2v) is 3.21. The maximum absolute atomic E-state index is 12.4. The molecule has 1 rings (SSSR count). The molecule has 1 aromatic rings. The molecule has 0 aliphatic rings. The molecule has 0 unspecified atom stereocenters. The molecule has 0 heterocycles. The lowest BCUT2D eigenvalue weighted by atomic mass is 10.2. The van der Waals surface area contributed by atoms with Crippen LogP contribution in [0.25, 0.3) is 0 Å². The highest BCUT2D eigenvalue weighted by Gasteiger charge is 2.39. The Morgan fingerprint density at radius 3 is 2.20 bits per heavy atom. The van der Waals surface area contributed by atoms with Crippen LogP contribution in [-0.4, -0.2) is 22.5 Å². The molecule has 0 bridgehead atoms. The molecule has 0 spiro atoms. The Hall–Kier alpha value is -1.07. The Kier molecular flexibility index (Phi) is 3.71. The summed E-state index contributed by atoms with van der Waals surface area (Å²) >= 11 is 0. The predicted octanol–water partition coefficient (Wildman–Crippen LogP) is 2.35. The molecule has 0 radical (unpaired) electrons. The second kappa shape index (κ2) is 4.63. The molecule has 1 atom stereocenters.